The van der Waals surface area contributed by atoms with Crippen LogP contribution in [0, 0.1) is 6.92 Å². The summed E-state index contributed by atoms with van der Waals surface area (Å²) in [6.07, 6.45) is -1.17. The molecule has 1 saturated heterocycles. The molecule has 4 heteroatoms. The molecule has 1 heterocycles. The molecular weight excluding hydrogens is 170 g/mol. The zero-order valence-electron chi connectivity index (χ0n) is 7.11. The van der Waals surface area contributed by atoms with Crippen molar-refractivity contribution in [2.75, 3.05) is 0 Å². The van der Waals surface area contributed by atoms with Crippen molar-refractivity contribution < 1.29 is 14.4 Å². The van der Waals surface area contributed by atoms with Crippen LogP contribution in [0.15, 0.2) is 24.3 Å². The van der Waals surface area contributed by atoms with E-state index in [-0.39, 0.29) is 0 Å². The summed E-state index contributed by atoms with van der Waals surface area (Å²) in [6.45, 7) is 1.99. The number of hydrogen-bond acceptors (Lipinski definition) is 3. The molecular formula is C9H9NO3. The molecule has 0 aliphatic carbocycles. The van der Waals surface area contributed by atoms with Crippen molar-refractivity contribution >= 4 is 6.09 Å². The van der Waals surface area contributed by atoms with E-state index in [4.69, 9.17) is 9.57 Å². The lowest BCUT2D eigenvalue weighted by molar-refractivity contribution is -0.0605. The third-order valence-electron chi connectivity index (χ3n) is 1.81. The summed E-state index contributed by atoms with van der Waals surface area (Å²) in [5, 5.41) is 0. The quantitative estimate of drug-likeness (QED) is 0.713. The molecule has 0 saturated carbocycles. The summed E-state index contributed by atoms with van der Waals surface area (Å²) in [5.74, 6) is 0. The maximum absolute atomic E-state index is 10.6. The topological polar surface area (TPSA) is 47.6 Å². The standard InChI is InChI=1S/C9H9NO3/c1-6-2-4-7(5-3-6)8-12-9(11)10-13-8/h2-5,8H,1H3,(H,10,11). The smallest absolute Gasteiger partial charge is 0.411 e. The maximum atomic E-state index is 10.6. The number of hydroxylamine groups is 1. The molecule has 1 aliphatic rings. The Morgan fingerprint density at radius 3 is 2.54 bits per heavy atom. The van der Waals surface area contributed by atoms with Crippen LogP contribution in [-0.2, 0) is 9.57 Å². The van der Waals surface area contributed by atoms with Crippen LogP contribution in [0.25, 0.3) is 0 Å². The minimum atomic E-state index is -0.618. The SMILES string of the molecule is Cc1ccc(C2ONC(=O)O2)cc1. The number of hydrogen-bond donors (Lipinski definition) is 1. The van der Waals surface area contributed by atoms with E-state index in [9.17, 15) is 4.79 Å². The van der Waals surface area contributed by atoms with Gasteiger partial charge in [-0.25, -0.2) is 9.63 Å². The van der Waals surface area contributed by atoms with Gasteiger partial charge in [-0.1, -0.05) is 29.8 Å². The van der Waals surface area contributed by atoms with Gasteiger partial charge in [-0.3, -0.25) is 0 Å². The first-order chi connectivity index (χ1) is 6.25. The largest absolute Gasteiger partial charge is 0.434 e. The predicted molar refractivity (Wildman–Crippen MR) is 44.6 cm³/mol. The number of rotatable bonds is 1. The molecule has 68 valence electrons. The van der Waals surface area contributed by atoms with Gasteiger partial charge in [-0.05, 0) is 6.92 Å². The first kappa shape index (κ1) is 8.07. The molecule has 0 aromatic heterocycles. The van der Waals surface area contributed by atoms with E-state index >= 15 is 0 Å². The predicted octanol–water partition coefficient (Wildman–Crippen LogP) is 1.67. The molecule has 1 aromatic rings. The Hall–Kier alpha value is -1.55. The number of benzene rings is 1. The van der Waals surface area contributed by atoms with Gasteiger partial charge >= 0.3 is 6.09 Å². The normalized spacial score (nSPS) is 21.0. The molecule has 0 bridgehead atoms. The molecule has 4 nitrogen and oxygen atoms in total. The van der Waals surface area contributed by atoms with Gasteiger partial charge in [0, 0.05) is 5.56 Å². The molecule has 1 aromatic carbocycles. The van der Waals surface area contributed by atoms with Crippen molar-refractivity contribution in [1.82, 2.24) is 5.48 Å². The van der Waals surface area contributed by atoms with Gasteiger partial charge < -0.3 is 4.74 Å². The number of amides is 1. The highest BCUT2D eigenvalue weighted by Crippen LogP contribution is 2.21. The van der Waals surface area contributed by atoms with Crippen molar-refractivity contribution in [2.45, 2.75) is 13.2 Å². The Morgan fingerprint density at radius 1 is 1.31 bits per heavy atom. The molecule has 1 fully saturated rings. The van der Waals surface area contributed by atoms with Gasteiger partial charge in [-0.15, -0.1) is 0 Å². The lowest BCUT2D eigenvalue weighted by Crippen LogP contribution is -2.10. The van der Waals surface area contributed by atoms with Crippen LogP contribution in [0.5, 0.6) is 0 Å². The van der Waals surface area contributed by atoms with Crippen LogP contribution in [0.4, 0.5) is 4.79 Å². The van der Waals surface area contributed by atoms with Crippen LogP contribution < -0.4 is 5.48 Å². The summed E-state index contributed by atoms with van der Waals surface area (Å²) in [5.41, 5.74) is 4.10. The van der Waals surface area contributed by atoms with Crippen LogP contribution in [0.2, 0.25) is 0 Å². The van der Waals surface area contributed by atoms with E-state index in [1.165, 1.54) is 0 Å². The zero-order valence-corrected chi connectivity index (χ0v) is 7.11. The fraction of sp³-hybridized carbons (Fsp3) is 0.222. The van der Waals surface area contributed by atoms with E-state index in [1.807, 2.05) is 31.2 Å². The molecule has 1 N–H and O–H groups in total. The lowest BCUT2D eigenvalue weighted by atomic mass is 10.1. The number of nitrogens with one attached hydrogen (secondary N) is 1. The molecule has 1 atom stereocenters. The first-order valence-electron chi connectivity index (χ1n) is 3.94. The third-order valence-corrected chi connectivity index (χ3v) is 1.81. The summed E-state index contributed by atoms with van der Waals surface area (Å²) in [4.78, 5) is 15.5. The number of ether oxygens (including phenoxy) is 1. The molecule has 0 radical (unpaired) electrons. The number of carbonyl (C=O) groups is 1. The van der Waals surface area contributed by atoms with Gasteiger partial charge in [0.1, 0.15) is 0 Å². The molecule has 1 aliphatic heterocycles. The van der Waals surface area contributed by atoms with Crippen molar-refractivity contribution in [3.8, 4) is 0 Å². The maximum Gasteiger partial charge on any atom is 0.434 e. The van der Waals surface area contributed by atoms with E-state index in [0.29, 0.717) is 0 Å². The van der Waals surface area contributed by atoms with Gasteiger partial charge in [-0.2, -0.15) is 5.48 Å². The number of carbonyl (C=O) groups excluding carboxylic acids is 1. The minimum Gasteiger partial charge on any atom is -0.411 e. The van der Waals surface area contributed by atoms with E-state index in [2.05, 4.69) is 5.48 Å². The van der Waals surface area contributed by atoms with E-state index in [0.717, 1.165) is 11.1 Å². The van der Waals surface area contributed by atoms with Crippen molar-refractivity contribution in [3.05, 3.63) is 35.4 Å². The fourth-order valence-corrected chi connectivity index (χ4v) is 1.11. The van der Waals surface area contributed by atoms with Gasteiger partial charge in [0.2, 0.25) is 0 Å². The van der Waals surface area contributed by atoms with Crippen LogP contribution in [0.3, 0.4) is 0 Å². The van der Waals surface area contributed by atoms with E-state index < -0.39 is 12.4 Å². The average molecular weight is 179 g/mol. The summed E-state index contributed by atoms with van der Waals surface area (Å²) >= 11 is 0. The van der Waals surface area contributed by atoms with Crippen LogP contribution in [0.1, 0.15) is 17.4 Å². The second-order valence-corrected chi connectivity index (χ2v) is 2.87. The Labute approximate surface area is 75.4 Å². The van der Waals surface area contributed by atoms with Gasteiger partial charge in [0.05, 0.1) is 0 Å². The average Bonchev–Trinajstić information content (AvgIpc) is 2.53. The minimum absolute atomic E-state index is 0.550. The molecule has 1 amide bonds. The fourth-order valence-electron chi connectivity index (χ4n) is 1.11. The second-order valence-electron chi connectivity index (χ2n) is 2.87. The zero-order chi connectivity index (χ0) is 9.26. The Morgan fingerprint density at radius 2 is 2.00 bits per heavy atom. The van der Waals surface area contributed by atoms with Crippen molar-refractivity contribution in [2.24, 2.45) is 0 Å². The van der Waals surface area contributed by atoms with Crippen molar-refractivity contribution in [1.29, 1.82) is 0 Å². The Balaban J connectivity index is 2.17. The van der Waals surface area contributed by atoms with Gasteiger partial charge in [0.15, 0.2) is 0 Å². The second kappa shape index (κ2) is 3.06. The Kier molecular flexibility index (Phi) is 1.90. The summed E-state index contributed by atoms with van der Waals surface area (Å²) in [6, 6.07) is 7.59. The lowest BCUT2D eigenvalue weighted by Gasteiger charge is -2.05. The third kappa shape index (κ3) is 1.62. The number of cyclic esters (lactones) is 1. The highest BCUT2D eigenvalue weighted by molar-refractivity contribution is 5.67. The molecule has 1 unspecified atom stereocenters. The summed E-state index contributed by atoms with van der Waals surface area (Å²) < 4.78 is 4.81. The van der Waals surface area contributed by atoms with Crippen LogP contribution >= 0.6 is 0 Å². The van der Waals surface area contributed by atoms with E-state index in [1.54, 1.807) is 0 Å². The molecule has 0 spiro atoms. The highest BCUT2D eigenvalue weighted by Gasteiger charge is 2.25. The van der Waals surface area contributed by atoms with Gasteiger partial charge in [0.25, 0.3) is 6.29 Å². The van der Waals surface area contributed by atoms with Crippen molar-refractivity contribution in [3.63, 3.8) is 0 Å². The highest BCUT2D eigenvalue weighted by atomic mass is 16.9. The molecule has 2 rings (SSSR count). The summed E-state index contributed by atoms with van der Waals surface area (Å²) in [7, 11) is 0. The monoisotopic (exact) mass is 179 g/mol. The first-order valence-corrected chi connectivity index (χ1v) is 3.94. The molecule has 13 heavy (non-hydrogen) atoms. The number of aryl methyl sites for hydroxylation is 1. The Bertz CT molecular complexity index is 320. The van der Waals surface area contributed by atoms with Crippen LogP contribution in [-0.4, -0.2) is 6.09 Å².